The number of nitrogens with one attached hydrogen (secondary N) is 1. The lowest BCUT2D eigenvalue weighted by Gasteiger charge is -2.39. The van der Waals surface area contributed by atoms with Crippen molar-refractivity contribution in [1.29, 1.82) is 0 Å². The molecule has 1 aliphatic rings. The van der Waals surface area contributed by atoms with E-state index in [1.807, 2.05) is 6.92 Å². The Kier molecular flexibility index (Phi) is 4.79. The Balaban J connectivity index is 2.60. The number of aliphatic hydroxyl groups excluding tert-OH is 1. The van der Waals surface area contributed by atoms with Crippen molar-refractivity contribution in [1.82, 2.24) is 5.32 Å². The lowest BCUT2D eigenvalue weighted by molar-refractivity contribution is -0.134. The highest BCUT2D eigenvalue weighted by Gasteiger charge is 2.43. The summed E-state index contributed by atoms with van der Waals surface area (Å²) in [6, 6.07) is 3.31. The van der Waals surface area contributed by atoms with Crippen LogP contribution < -0.4 is 19.7 Å². The predicted molar refractivity (Wildman–Crippen MR) is 84.7 cm³/mol. The summed E-state index contributed by atoms with van der Waals surface area (Å²) in [6.07, 6.45) is 0. The maximum absolute atomic E-state index is 12.6. The maximum atomic E-state index is 12.6. The Morgan fingerprint density at radius 2 is 2.13 bits per heavy atom. The molecule has 0 saturated heterocycles. The third-order valence-electron chi connectivity index (χ3n) is 3.57. The van der Waals surface area contributed by atoms with Crippen LogP contribution in [0, 0.1) is 0 Å². The van der Waals surface area contributed by atoms with E-state index in [-0.39, 0.29) is 25.0 Å². The quantitative estimate of drug-likeness (QED) is 0.838. The van der Waals surface area contributed by atoms with Gasteiger partial charge in [0, 0.05) is 7.05 Å². The van der Waals surface area contributed by atoms with Crippen LogP contribution in [-0.2, 0) is 16.2 Å². The number of ether oxygens (including phenoxy) is 2. The first-order valence-corrected chi connectivity index (χ1v) is 7.46. The number of carbonyl (C=O) groups excluding carboxylic acids is 2. The van der Waals surface area contributed by atoms with Gasteiger partial charge in [0.05, 0.1) is 18.9 Å². The molecule has 0 aliphatic carbocycles. The van der Waals surface area contributed by atoms with E-state index in [1.165, 1.54) is 11.9 Å². The van der Waals surface area contributed by atoms with E-state index in [1.54, 1.807) is 26.0 Å². The first kappa shape index (κ1) is 17.1. The van der Waals surface area contributed by atoms with Gasteiger partial charge in [-0.2, -0.15) is 0 Å². The first-order chi connectivity index (χ1) is 10.8. The van der Waals surface area contributed by atoms with Crippen molar-refractivity contribution in [3.63, 3.8) is 0 Å². The zero-order valence-corrected chi connectivity index (χ0v) is 13.8. The van der Waals surface area contributed by atoms with Gasteiger partial charge in [-0.1, -0.05) is 0 Å². The van der Waals surface area contributed by atoms with Crippen LogP contribution in [0.25, 0.3) is 0 Å². The molecule has 0 radical (unpaired) electrons. The molecule has 1 heterocycles. The van der Waals surface area contributed by atoms with Crippen molar-refractivity contribution in [3.8, 4) is 11.5 Å². The van der Waals surface area contributed by atoms with Crippen LogP contribution in [0.15, 0.2) is 12.1 Å². The SMILES string of the molecule is CCOc1cc(CO)cc2c1OC(C)(C)C(=O)N2CC(=O)NC. The van der Waals surface area contributed by atoms with Gasteiger partial charge in [-0.05, 0) is 38.5 Å². The largest absolute Gasteiger partial charge is 0.490 e. The number of nitrogens with zero attached hydrogens (tertiary/aromatic N) is 1. The molecule has 2 rings (SSSR count). The highest BCUT2D eigenvalue weighted by molar-refractivity contribution is 6.06. The lowest BCUT2D eigenvalue weighted by Crippen LogP contribution is -2.54. The van der Waals surface area contributed by atoms with Crippen LogP contribution in [0.3, 0.4) is 0 Å². The van der Waals surface area contributed by atoms with Crippen LogP contribution >= 0.6 is 0 Å². The van der Waals surface area contributed by atoms with Crippen molar-refractivity contribution in [2.45, 2.75) is 33.0 Å². The van der Waals surface area contributed by atoms with E-state index < -0.39 is 5.60 Å². The van der Waals surface area contributed by atoms with Crippen LogP contribution in [0.4, 0.5) is 5.69 Å². The van der Waals surface area contributed by atoms with E-state index in [0.29, 0.717) is 29.4 Å². The monoisotopic (exact) mass is 322 g/mol. The summed E-state index contributed by atoms with van der Waals surface area (Å²) in [5.74, 6) is 0.217. The van der Waals surface area contributed by atoms with E-state index in [4.69, 9.17) is 9.47 Å². The number of aliphatic hydroxyl groups is 1. The number of hydrogen-bond acceptors (Lipinski definition) is 5. The minimum Gasteiger partial charge on any atom is -0.490 e. The molecule has 2 amide bonds. The molecule has 0 aromatic heterocycles. The molecular formula is C16H22N2O5. The number of carbonyl (C=O) groups is 2. The lowest BCUT2D eigenvalue weighted by atomic mass is 10.0. The molecule has 1 aliphatic heterocycles. The molecule has 0 spiro atoms. The summed E-state index contributed by atoms with van der Waals surface area (Å²) >= 11 is 0. The van der Waals surface area contributed by atoms with Crippen LogP contribution in [0.2, 0.25) is 0 Å². The third-order valence-corrected chi connectivity index (χ3v) is 3.57. The number of fused-ring (bicyclic) bond motifs is 1. The van der Waals surface area contributed by atoms with Gasteiger partial charge in [-0.3, -0.25) is 14.5 Å². The molecule has 0 saturated carbocycles. The zero-order valence-electron chi connectivity index (χ0n) is 13.8. The van der Waals surface area contributed by atoms with Crippen molar-refractivity contribution in [3.05, 3.63) is 17.7 Å². The third kappa shape index (κ3) is 3.24. The summed E-state index contributed by atoms with van der Waals surface area (Å²) in [7, 11) is 1.51. The molecule has 0 bridgehead atoms. The Morgan fingerprint density at radius 1 is 1.43 bits per heavy atom. The molecular weight excluding hydrogens is 300 g/mol. The normalized spacial score (nSPS) is 15.7. The van der Waals surface area contributed by atoms with E-state index in [9.17, 15) is 14.7 Å². The molecule has 2 N–H and O–H groups in total. The summed E-state index contributed by atoms with van der Waals surface area (Å²) in [5, 5.41) is 11.9. The molecule has 0 atom stereocenters. The van der Waals surface area contributed by atoms with Crippen LogP contribution in [0.5, 0.6) is 11.5 Å². The Morgan fingerprint density at radius 3 is 2.70 bits per heavy atom. The minimum atomic E-state index is -1.12. The van der Waals surface area contributed by atoms with E-state index in [2.05, 4.69) is 5.32 Å². The second-order valence-electron chi connectivity index (χ2n) is 5.71. The molecule has 23 heavy (non-hydrogen) atoms. The zero-order chi connectivity index (χ0) is 17.2. The molecule has 1 aromatic rings. The van der Waals surface area contributed by atoms with Gasteiger partial charge >= 0.3 is 0 Å². The Hall–Kier alpha value is -2.28. The number of benzene rings is 1. The summed E-state index contributed by atoms with van der Waals surface area (Å²) < 4.78 is 11.4. The van der Waals surface area contributed by atoms with Gasteiger partial charge < -0.3 is 19.9 Å². The summed E-state index contributed by atoms with van der Waals surface area (Å²) in [6.45, 7) is 5.19. The van der Waals surface area contributed by atoms with Gasteiger partial charge in [0.15, 0.2) is 17.1 Å². The van der Waals surface area contributed by atoms with Gasteiger partial charge in [0.1, 0.15) is 6.54 Å². The molecule has 7 heteroatoms. The fraction of sp³-hybridized carbons (Fsp3) is 0.500. The Bertz CT molecular complexity index is 627. The average molecular weight is 322 g/mol. The highest BCUT2D eigenvalue weighted by Crippen LogP contribution is 2.45. The maximum Gasteiger partial charge on any atom is 0.271 e. The minimum absolute atomic E-state index is 0.129. The Labute approximate surface area is 135 Å². The molecule has 0 fully saturated rings. The topological polar surface area (TPSA) is 88.1 Å². The van der Waals surface area contributed by atoms with Crippen molar-refractivity contribution in [2.75, 3.05) is 25.1 Å². The fourth-order valence-corrected chi connectivity index (χ4v) is 2.41. The molecule has 126 valence electrons. The molecule has 7 nitrogen and oxygen atoms in total. The van der Waals surface area contributed by atoms with Gasteiger partial charge in [0.25, 0.3) is 5.91 Å². The fourth-order valence-electron chi connectivity index (χ4n) is 2.41. The predicted octanol–water partition coefficient (Wildman–Crippen LogP) is 0.828. The van der Waals surface area contributed by atoms with Gasteiger partial charge in [0.2, 0.25) is 5.91 Å². The van der Waals surface area contributed by atoms with Gasteiger partial charge in [-0.25, -0.2) is 0 Å². The van der Waals surface area contributed by atoms with Crippen LogP contribution in [0.1, 0.15) is 26.3 Å². The van der Waals surface area contributed by atoms with Gasteiger partial charge in [-0.15, -0.1) is 0 Å². The highest BCUT2D eigenvalue weighted by atomic mass is 16.5. The molecule has 1 aromatic carbocycles. The number of likely N-dealkylation sites (N-methyl/N-ethyl adjacent to an activating group) is 1. The first-order valence-electron chi connectivity index (χ1n) is 7.46. The van der Waals surface area contributed by atoms with Crippen molar-refractivity contribution < 1.29 is 24.2 Å². The van der Waals surface area contributed by atoms with E-state index in [0.717, 1.165) is 0 Å². The standard InChI is InChI=1S/C16H22N2O5/c1-5-22-12-7-10(9-19)6-11-14(12)23-16(2,3)15(21)18(11)8-13(20)17-4/h6-7,19H,5,8-9H2,1-4H3,(H,17,20). The number of amides is 2. The molecule has 0 unspecified atom stereocenters. The second kappa shape index (κ2) is 6.45. The summed E-state index contributed by atoms with van der Waals surface area (Å²) in [4.78, 5) is 25.8. The smallest absolute Gasteiger partial charge is 0.271 e. The van der Waals surface area contributed by atoms with E-state index >= 15 is 0 Å². The summed E-state index contributed by atoms with van der Waals surface area (Å²) in [5.41, 5.74) is -0.119. The van der Waals surface area contributed by atoms with Crippen molar-refractivity contribution >= 4 is 17.5 Å². The van der Waals surface area contributed by atoms with Crippen molar-refractivity contribution in [2.24, 2.45) is 0 Å². The number of anilines is 1. The average Bonchev–Trinajstić information content (AvgIpc) is 2.52. The number of hydrogen-bond donors (Lipinski definition) is 2. The second-order valence-corrected chi connectivity index (χ2v) is 5.71. The van der Waals surface area contributed by atoms with Crippen LogP contribution in [-0.4, -0.2) is 42.7 Å². The number of rotatable bonds is 5.